The van der Waals surface area contributed by atoms with Crippen molar-refractivity contribution in [1.29, 1.82) is 0 Å². The molecule has 0 unspecified atom stereocenters. The Balaban J connectivity index is 0.000000958. The van der Waals surface area contributed by atoms with Crippen molar-refractivity contribution in [3.63, 3.8) is 0 Å². The van der Waals surface area contributed by atoms with E-state index in [1.807, 2.05) is 41.5 Å². The molecule has 5 rings (SSSR count). The van der Waals surface area contributed by atoms with Crippen molar-refractivity contribution in [2.45, 2.75) is 102 Å². The molecule has 0 spiro atoms. The Morgan fingerprint density at radius 1 is 0.618 bits per heavy atom. The van der Waals surface area contributed by atoms with Gasteiger partial charge in [-0.2, -0.15) is 8.42 Å². The number of benzene rings is 4. The molecule has 1 heterocycles. The highest BCUT2D eigenvalue weighted by Gasteiger charge is 2.26. The molecule has 0 radical (unpaired) electrons. The summed E-state index contributed by atoms with van der Waals surface area (Å²) in [5.41, 5.74) is 30.7. The quantitative estimate of drug-likeness (QED) is 0.0405. The highest BCUT2D eigenvalue weighted by molar-refractivity contribution is 8.11. The normalized spacial score (nSPS) is 12.8. The van der Waals surface area contributed by atoms with Crippen LogP contribution in [0.1, 0.15) is 128 Å². The number of carbonyl (C=O) groups excluding carboxylic acids is 2. The summed E-state index contributed by atoms with van der Waals surface area (Å²) < 4.78 is 89.8. The van der Waals surface area contributed by atoms with Crippen molar-refractivity contribution in [1.82, 2.24) is 0 Å². The van der Waals surface area contributed by atoms with E-state index in [9.17, 15) is 34.8 Å². The second-order valence-corrected chi connectivity index (χ2v) is 27.2. The van der Waals surface area contributed by atoms with E-state index in [0.717, 1.165) is 0 Å². The Morgan fingerprint density at radius 2 is 0.974 bits per heavy atom. The molecule has 0 aromatic heterocycles. The van der Waals surface area contributed by atoms with Gasteiger partial charge in [-0.05, 0) is 69.2 Å². The lowest BCUT2D eigenvalue weighted by Crippen LogP contribution is -2.26. The Bertz CT molecular complexity index is 3020. The van der Waals surface area contributed by atoms with Gasteiger partial charge in [0.15, 0.2) is 0 Å². The number of amidine groups is 1. The minimum absolute atomic E-state index is 0. The number of hydrogen-bond donors (Lipinski definition) is 7. The number of primary amides is 2. The van der Waals surface area contributed by atoms with E-state index >= 15 is 0 Å². The number of primary sulfonamides is 1. The lowest BCUT2D eigenvalue weighted by atomic mass is 9.98. The van der Waals surface area contributed by atoms with Crippen LogP contribution in [0.4, 0.5) is 17.1 Å². The number of carbonyl (C=O) groups is 2. The molecular formula is C51H78ClN9O12S3. The maximum absolute atomic E-state index is 11.6. The summed E-state index contributed by atoms with van der Waals surface area (Å²) in [5, 5.41) is 9.10. The number of amides is 2. The average molecular weight is 1140 g/mol. The number of anilines is 2. The van der Waals surface area contributed by atoms with Gasteiger partial charge in [0.25, 0.3) is 31.1 Å². The van der Waals surface area contributed by atoms with Crippen LogP contribution < -0.4 is 57.9 Å². The molecular weight excluding hydrogens is 1060 g/mol. The summed E-state index contributed by atoms with van der Waals surface area (Å²) in [6, 6.07) is 20.3. The number of fused-ring (bicyclic) bond motifs is 1. The fourth-order valence-corrected chi connectivity index (χ4v) is 7.49. The number of sulfonamides is 2. The summed E-state index contributed by atoms with van der Waals surface area (Å²) in [6.45, 7) is 33.5. The number of rotatable bonds is 12. The molecule has 424 valence electrons. The topological polar surface area (TPSA) is 372 Å². The molecule has 25 heteroatoms. The Kier molecular flexibility index (Phi) is 26.3. The zero-order chi connectivity index (χ0) is 58.1. The zero-order valence-electron chi connectivity index (χ0n) is 44.6. The van der Waals surface area contributed by atoms with Crippen molar-refractivity contribution in [2.75, 3.05) is 37.9 Å². The molecule has 1 aliphatic heterocycles. The molecule has 2 amide bonds. The Morgan fingerprint density at radius 3 is 1.38 bits per heavy atom. The molecule has 0 atom stereocenters. The van der Waals surface area contributed by atoms with Crippen LogP contribution >= 0.6 is 10.7 Å². The van der Waals surface area contributed by atoms with Crippen LogP contribution in [0.15, 0.2) is 77.2 Å². The third-order valence-corrected chi connectivity index (χ3v) is 10.6. The molecule has 1 aliphatic rings. The zero-order valence-corrected chi connectivity index (χ0v) is 47.8. The summed E-state index contributed by atoms with van der Waals surface area (Å²) in [6.07, 6.45) is 0. The Labute approximate surface area is 454 Å². The van der Waals surface area contributed by atoms with E-state index in [1.165, 1.54) is 6.07 Å². The predicted molar refractivity (Wildman–Crippen MR) is 304 cm³/mol. The van der Waals surface area contributed by atoms with Crippen LogP contribution in [-0.2, 0) is 40.8 Å². The van der Waals surface area contributed by atoms with Crippen LogP contribution in [0.2, 0.25) is 0 Å². The average Bonchev–Trinajstić information content (AvgIpc) is 3.21. The van der Waals surface area contributed by atoms with Gasteiger partial charge in [0.2, 0.25) is 15.7 Å². The number of ether oxygens (including phenoxy) is 4. The van der Waals surface area contributed by atoms with E-state index < -0.39 is 46.9 Å². The van der Waals surface area contributed by atoms with Crippen LogP contribution in [-0.4, -0.2) is 69.3 Å². The largest absolute Gasteiger partial charge is 0.504 e. The standard InChI is InChI=1S/C13H20N2O4S.C13H18N2O3S.C12H18N2O2.C12H16N2O.CH4.ClH2NO2S/c1-13(2,3)8-19-10-6-4-5-9(7-20(15,17)18)11(10)12(14)16;1-13(2,3)8-18-10-6-4-5-9-7-19(16,17)15-12(14)11(9)10;1-12(2,3)7-16-9-6-4-5-8(13)10(9)11(14)15;1-12(2,3)8-15-10-7-5-6-9(13)11(10)14-4;;1-5(2,3)4/h4-6H,7-8H2,1-3H3,(H2,14,16)(H2,15,17,18);4-6H,7-8H2,1-3H3,(H2,14,15);4-6H,7,13H2,1-3H3,(H2,14,15);5-7H,8,13H2,1-3H3;1H4;(H2,2,3,4). The van der Waals surface area contributed by atoms with Gasteiger partial charge in [-0.15, -0.1) is 4.40 Å². The number of halogens is 1. The summed E-state index contributed by atoms with van der Waals surface area (Å²) >= 11 is 0. The SMILES string of the molecule is C.CC(C)(C)COc1cccc(CS(N)(=O)=O)c1C(N)=O.CC(C)(C)COc1cccc(N)c1C(N)=O.CC(C)(C)COc1cccc2c1C(N)=NS(=O)(=O)C2.NS(=O)(=O)Cl.[C-]#[N+]c1c(N)cccc1OCC(C)(C)C. The van der Waals surface area contributed by atoms with Gasteiger partial charge in [-0.25, -0.2) is 32.0 Å². The number of hydrogen-bond acceptors (Lipinski definition) is 15. The molecule has 14 N–H and O–H groups in total. The van der Waals surface area contributed by atoms with Crippen molar-refractivity contribution in [3.05, 3.63) is 112 Å². The molecule has 4 aromatic rings. The van der Waals surface area contributed by atoms with Crippen LogP contribution in [0.5, 0.6) is 23.0 Å². The number of nitrogens with zero attached hydrogens (tertiary/aromatic N) is 2. The monoisotopic (exact) mass is 1140 g/mol. The minimum Gasteiger partial charge on any atom is -0.504 e. The molecule has 21 nitrogen and oxygen atoms in total. The summed E-state index contributed by atoms with van der Waals surface area (Å²) in [7, 11) is -6.67. The van der Waals surface area contributed by atoms with Gasteiger partial charge in [-0.1, -0.05) is 127 Å². The van der Waals surface area contributed by atoms with E-state index in [4.69, 9.17) is 59.3 Å². The molecule has 0 bridgehead atoms. The lowest BCUT2D eigenvalue weighted by molar-refractivity contribution is 0.0984. The van der Waals surface area contributed by atoms with E-state index in [2.05, 4.69) is 66.6 Å². The second kappa shape index (κ2) is 28.7. The fraction of sp³-hybridized carbons (Fsp3) is 0.451. The van der Waals surface area contributed by atoms with Crippen molar-refractivity contribution in [2.24, 2.45) is 53.5 Å². The summed E-state index contributed by atoms with van der Waals surface area (Å²) in [5.74, 6) is -0.0197. The van der Waals surface area contributed by atoms with Gasteiger partial charge < -0.3 is 47.6 Å². The van der Waals surface area contributed by atoms with E-state index in [1.54, 1.807) is 66.7 Å². The van der Waals surface area contributed by atoms with Crippen molar-refractivity contribution < 1.29 is 53.8 Å². The van der Waals surface area contributed by atoms with Crippen molar-refractivity contribution in [3.8, 4) is 23.0 Å². The molecule has 4 aromatic carbocycles. The Hall–Kier alpha value is -6.36. The van der Waals surface area contributed by atoms with Gasteiger partial charge in [-0.3, -0.25) is 9.59 Å². The first-order valence-electron chi connectivity index (χ1n) is 22.7. The highest BCUT2D eigenvalue weighted by atomic mass is 35.7. The number of para-hydroxylation sites is 1. The summed E-state index contributed by atoms with van der Waals surface area (Å²) in [4.78, 5) is 26.2. The van der Waals surface area contributed by atoms with Gasteiger partial charge in [0, 0.05) is 22.1 Å². The molecule has 0 fully saturated rings. The van der Waals surface area contributed by atoms with Crippen LogP contribution in [0.25, 0.3) is 4.85 Å². The minimum atomic E-state index is -3.76. The maximum atomic E-state index is 11.6. The molecule has 0 aliphatic carbocycles. The number of nitrogens with two attached hydrogens (primary N) is 7. The first-order chi connectivity index (χ1) is 33.9. The highest BCUT2D eigenvalue weighted by Crippen LogP contribution is 2.35. The van der Waals surface area contributed by atoms with Crippen LogP contribution in [0.3, 0.4) is 0 Å². The maximum Gasteiger partial charge on any atom is 0.294 e. The molecule has 0 saturated carbocycles. The van der Waals surface area contributed by atoms with Gasteiger partial charge in [0.1, 0.15) is 34.4 Å². The van der Waals surface area contributed by atoms with Gasteiger partial charge >= 0.3 is 0 Å². The molecule has 0 saturated heterocycles. The third kappa shape index (κ3) is 28.5. The predicted octanol–water partition coefficient (Wildman–Crippen LogP) is 7.76. The van der Waals surface area contributed by atoms with Crippen LogP contribution in [0, 0.1) is 28.2 Å². The smallest absolute Gasteiger partial charge is 0.294 e. The molecule has 76 heavy (non-hydrogen) atoms. The lowest BCUT2D eigenvalue weighted by Gasteiger charge is -2.22. The first kappa shape index (κ1) is 69.6. The fourth-order valence-electron chi connectivity index (χ4n) is 5.73. The van der Waals surface area contributed by atoms with Gasteiger partial charge in [0.05, 0.1) is 55.6 Å². The van der Waals surface area contributed by atoms with E-state index in [0.29, 0.717) is 71.9 Å². The third-order valence-electron chi connectivity index (χ3n) is 8.75. The van der Waals surface area contributed by atoms with Crippen molar-refractivity contribution >= 4 is 74.7 Å². The second-order valence-electron chi connectivity index (χ2n) is 21.7. The first-order valence-corrected chi connectivity index (χ1v) is 28.4. The number of nitrogen functional groups attached to an aromatic ring is 2. The van der Waals surface area contributed by atoms with E-state index in [-0.39, 0.29) is 63.1 Å².